The largest absolute Gasteiger partial charge is 0.504 e. The lowest BCUT2D eigenvalue weighted by Crippen LogP contribution is -2.15. The fraction of sp³-hybridized carbons (Fsp3) is 0.462. The van der Waals surface area contributed by atoms with E-state index < -0.39 is 29.2 Å². The highest BCUT2D eigenvalue weighted by Gasteiger charge is 2.28. The summed E-state index contributed by atoms with van der Waals surface area (Å²) in [6.45, 7) is 4.08. The molecule has 0 heterocycles. The number of unbranched alkanes of at least 4 members (excludes halogenated alkanes) is 4. The summed E-state index contributed by atoms with van der Waals surface area (Å²) in [5, 5.41) is 30.8. The molecule has 186 valence electrons. The lowest BCUT2D eigenvalue weighted by Gasteiger charge is -2.17. The molecule has 0 aliphatic carbocycles. The normalized spacial score (nSPS) is 10.7. The molecule has 0 bridgehead atoms. The number of hydrogen-bond donors (Lipinski definition) is 3. The Labute approximate surface area is 200 Å². The highest BCUT2D eigenvalue weighted by molar-refractivity contribution is 5.98. The predicted octanol–water partition coefficient (Wildman–Crippen LogP) is 5.50. The van der Waals surface area contributed by atoms with E-state index in [0.29, 0.717) is 30.6 Å². The van der Waals surface area contributed by atoms with Crippen molar-refractivity contribution in [2.75, 3.05) is 14.2 Å². The molecule has 0 spiro atoms. The Morgan fingerprint density at radius 1 is 0.824 bits per heavy atom. The van der Waals surface area contributed by atoms with Crippen molar-refractivity contribution in [2.45, 2.75) is 65.2 Å². The van der Waals surface area contributed by atoms with Crippen molar-refractivity contribution in [3.05, 3.63) is 40.5 Å². The van der Waals surface area contributed by atoms with Gasteiger partial charge in [-0.1, -0.05) is 39.5 Å². The number of phenols is 2. The van der Waals surface area contributed by atoms with Crippen molar-refractivity contribution >= 4 is 11.9 Å². The standard InChI is InChI=1S/C26H34O8/c1-5-7-9-11-16-13-18(32-3)15-20(33-4)21(16)26(31)34-24-19(27)14-17(12-10-8-6-2)22(23(24)28)25(29)30/h13-15,27-28H,5-12H2,1-4H3,(H,29,30). The van der Waals surface area contributed by atoms with Gasteiger partial charge >= 0.3 is 11.9 Å². The Kier molecular flexibility index (Phi) is 10.0. The van der Waals surface area contributed by atoms with E-state index in [0.717, 1.165) is 32.1 Å². The number of carbonyl (C=O) groups excluding carboxylic acids is 1. The first-order chi connectivity index (χ1) is 16.3. The van der Waals surface area contributed by atoms with E-state index in [1.54, 1.807) is 12.1 Å². The van der Waals surface area contributed by atoms with E-state index in [1.807, 2.05) is 6.92 Å². The Bertz CT molecular complexity index is 1010. The number of aryl methyl sites for hydroxylation is 2. The molecule has 8 nitrogen and oxygen atoms in total. The minimum Gasteiger partial charge on any atom is -0.504 e. The predicted molar refractivity (Wildman–Crippen MR) is 128 cm³/mol. The minimum absolute atomic E-state index is 0.127. The second-order valence-electron chi connectivity index (χ2n) is 8.08. The molecular formula is C26H34O8. The number of rotatable bonds is 13. The van der Waals surface area contributed by atoms with Crippen molar-refractivity contribution in [1.29, 1.82) is 0 Å². The minimum atomic E-state index is -1.37. The first-order valence-electron chi connectivity index (χ1n) is 11.6. The highest BCUT2D eigenvalue weighted by Crippen LogP contribution is 2.42. The number of ether oxygens (including phenoxy) is 3. The number of esters is 1. The number of carboxylic acids is 1. The number of benzene rings is 2. The molecule has 0 saturated carbocycles. The number of hydrogen-bond acceptors (Lipinski definition) is 7. The molecule has 2 rings (SSSR count). The summed E-state index contributed by atoms with van der Waals surface area (Å²) >= 11 is 0. The van der Waals surface area contributed by atoms with E-state index >= 15 is 0 Å². The fourth-order valence-electron chi connectivity index (χ4n) is 3.85. The van der Waals surface area contributed by atoms with Crippen LogP contribution in [0.25, 0.3) is 0 Å². The maximum absolute atomic E-state index is 13.2. The zero-order valence-electron chi connectivity index (χ0n) is 20.3. The summed E-state index contributed by atoms with van der Waals surface area (Å²) in [7, 11) is 2.91. The molecule has 2 aromatic rings. The molecule has 8 heteroatoms. The molecule has 2 aromatic carbocycles. The molecule has 0 aliphatic heterocycles. The highest BCUT2D eigenvalue weighted by atomic mass is 16.6. The smallest absolute Gasteiger partial charge is 0.347 e. The second-order valence-corrected chi connectivity index (χ2v) is 8.08. The van der Waals surface area contributed by atoms with E-state index in [-0.39, 0.29) is 22.4 Å². The zero-order chi connectivity index (χ0) is 25.3. The van der Waals surface area contributed by atoms with Crippen LogP contribution in [0.15, 0.2) is 18.2 Å². The van der Waals surface area contributed by atoms with Gasteiger partial charge in [-0.3, -0.25) is 0 Å². The molecule has 0 unspecified atom stereocenters. The Morgan fingerprint density at radius 2 is 1.41 bits per heavy atom. The third kappa shape index (κ3) is 6.34. The van der Waals surface area contributed by atoms with Crippen molar-refractivity contribution in [3.8, 4) is 28.7 Å². The maximum Gasteiger partial charge on any atom is 0.347 e. The average Bonchev–Trinajstić information content (AvgIpc) is 2.80. The molecular weight excluding hydrogens is 440 g/mol. The average molecular weight is 475 g/mol. The third-order valence-electron chi connectivity index (χ3n) is 5.64. The first kappa shape index (κ1) is 26.8. The summed E-state index contributed by atoms with van der Waals surface area (Å²) < 4.78 is 16.1. The van der Waals surface area contributed by atoms with Gasteiger partial charge in [-0.05, 0) is 48.9 Å². The van der Waals surface area contributed by atoms with Crippen LogP contribution in [0.4, 0.5) is 0 Å². The van der Waals surface area contributed by atoms with Gasteiger partial charge in [0, 0.05) is 6.07 Å². The van der Waals surface area contributed by atoms with Crippen LogP contribution in [-0.2, 0) is 12.8 Å². The molecule has 0 amide bonds. The van der Waals surface area contributed by atoms with Crippen LogP contribution in [0.5, 0.6) is 28.7 Å². The van der Waals surface area contributed by atoms with Crippen molar-refractivity contribution < 1.29 is 39.1 Å². The quantitative estimate of drug-likeness (QED) is 0.198. The molecule has 0 atom stereocenters. The van der Waals surface area contributed by atoms with E-state index in [4.69, 9.17) is 14.2 Å². The molecule has 0 fully saturated rings. The Balaban J connectivity index is 2.50. The number of aromatic carboxylic acids is 1. The molecule has 0 saturated heterocycles. The van der Waals surface area contributed by atoms with Gasteiger partial charge in [0.05, 0.1) is 14.2 Å². The van der Waals surface area contributed by atoms with Crippen LogP contribution in [0.1, 0.15) is 84.2 Å². The fourth-order valence-corrected chi connectivity index (χ4v) is 3.85. The van der Waals surface area contributed by atoms with Crippen LogP contribution in [0.2, 0.25) is 0 Å². The molecule has 0 aromatic heterocycles. The number of methoxy groups -OCH3 is 2. The van der Waals surface area contributed by atoms with Crippen LogP contribution in [0.3, 0.4) is 0 Å². The monoisotopic (exact) mass is 474 g/mol. The lowest BCUT2D eigenvalue weighted by molar-refractivity contribution is 0.0676. The SMILES string of the molecule is CCCCCc1cc(OC)cc(OC)c1C(=O)Oc1c(O)cc(CCCCC)c(C(=O)O)c1O. The summed E-state index contributed by atoms with van der Waals surface area (Å²) in [6.07, 6.45) is 6.18. The van der Waals surface area contributed by atoms with Crippen molar-refractivity contribution in [2.24, 2.45) is 0 Å². The van der Waals surface area contributed by atoms with Crippen LogP contribution < -0.4 is 14.2 Å². The van der Waals surface area contributed by atoms with Crippen LogP contribution in [0, 0.1) is 0 Å². The number of aromatic hydroxyl groups is 2. The van der Waals surface area contributed by atoms with Gasteiger partial charge < -0.3 is 29.5 Å². The third-order valence-corrected chi connectivity index (χ3v) is 5.64. The summed E-state index contributed by atoms with van der Waals surface area (Å²) in [5.74, 6) is -3.43. The van der Waals surface area contributed by atoms with Crippen molar-refractivity contribution in [3.63, 3.8) is 0 Å². The molecule has 0 aliphatic rings. The van der Waals surface area contributed by atoms with Crippen LogP contribution >= 0.6 is 0 Å². The van der Waals surface area contributed by atoms with Gasteiger partial charge in [0.1, 0.15) is 22.6 Å². The van der Waals surface area contributed by atoms with Crippen LogP contribution in [-0.4, -0.2) is 41.5 Å². The molecule has 3 N–H and O–H groups in total. The van der Waals surface area contributed by atoms with E-state index in [2.05, 4.69) is 6.92 Å². The first-order valence-corrected chi connectivity index (χ1v) is 11.6. The van der Waals surface area contributed by atoms with E-state index in [9.17, 15) is 24.9 Å². The Morgan fingerprint density at radius 3 is 1.91 bits per heavy atom. The zero-order valence-corrected chi connectivity index (χ0v) is 20.3. The summed E-state index contributed by atoms with van der Waals surface area (Å²) in [6, 6.07) is 4.49. The number of phenolic OH excluding ortho intramolecular Hbond substituents is 1. The van der Waals surface area contributed by atoms with Gasteiger partial charge in [0.15, 0.2) is 11.5 Å². The number of carbonyl (C=O) groups is 2. The van der Waals surface area contributed by atoms with Gasteiger partial charge in [0.25, 0.3) is 0 Å². The van der Waals surface area contributed by atoms with Gasteiger partial charge in [-0.25, -0.2) is 9.59 Å². The van der Waals surface area contributed by atoms with Gasteiger partial charge in [-0.15, -0.1) is 0 Å². The lowest BCUT2D eigenvalue weighted by atomic mass is 9.98. The van der Waals surface area contributed by atoms with Gasteiger partial charge in [-0.2, -0.15) is 0 Å². The number of carboxylic acid groups (broad SMARTS) is 1. The summed E-state index contributed by atoms with van der Waals surface area (Å²) in [4.78, 5) is 25.1. The Hall–Kier alpha value is -3.42. The van der Waals surface area contributed by atoms with E-state index in [1.165, 1.54) is 20.3 Å². The summed E-state index contributed by atoms with van der Waals surface area (Å²) in [5.41, 5.74) is 0.643. The molecule has 34 heavy (non-hydrogen) atoms. The maximum atomic E-state index is 13.2. The van der Waals surface area contributed by atoms with Gasteiger partial charge in [0.2, 0.25) is 5.75 Å². The topological polar surface area (TPSA) is 123 Å². The molecule has 0 radical (unpaired) electrons. The second kappa shape index (κ2) is 12.7. The van der Waals surface area contributed by atoms with Crippen molar-refractivity contribution in [1.82, 2.24) is 0 Å².